The van der Waals surface area contributed by atoms with E-state index in [4.69, 9.17) is 19.9 Å². The van der Waals surface area contributed by atoms with E-state index in [-0.39, 0.29) is 36.3 Å². The third-order valence-electron chi connectivity index (χ3n) is 6.25. The number of carbonyl (C=O) groups is 1. The zero-order valence-corrected chi connectivity index (χ0v) is 20.0. The number of hydrogen-bond donors (Lipinski definition) is 1. The van der Waals surface area contributed by atoms with Gasteiger partial charge in [0.25, 0.3) is 0 Å². The molecule has 2 aliphatic heterocycles. The van der Waals surface area contributed by atoms with Crippen molar-refractivity contribution in [2.45, 2.75) is 37.3 Å². The second-order valence-corrected chi connectivity index (χ2v) is 7.95. The summed E-state index contributed by atoms with van der Waals surface area (Å²) in [5.74, 6) is 1.44. The van der Waals surface area contributed by atoms with E-state index in [0.717, 1.165) is 36.1 Å². The number of nitrogens with two attached hydrogens (primary N) is 1. The molecule has 7 nitrogen and oxygen atoms in total. The number of benzene rings is 1. The van der Waals surface area contributed by atoms with E-state index < -0.39 is 6.04 Å². The lowest BCUT2D eigenvalue weighted by molar-refractivity contribution is -0.142. The maximum Gasteiger partial charge on any atom is 0.239 e. The number of piperidine rings is 1. The van der Waals surface area contributed by atoms with Gasteiger partial charge < -0.3 is 24.8 Å². The molecule has 0 saturated carbocycles. The van der Waals surface area contributed by atoms with Crippen molar-refractivity contribution in [1.82, 2.24) is 9.88 Å². The van der Waals surface area contributed by atoms with E-state index in [1.54, 1.807) is 26.6 Å². The van der Waals surface area contributed by atoms with Crippen molar-refractivity contribution in [3.8, 4) is 11.5 Å². The smallest absolute Gasteiger partial charge is 0.239 e. The van der Waals surface area contributed by atoms with Crippen molar-refractivity contribution < 1.29 is 19.0 Å². The second kappa shape index (κ2) is 11.2. The highest BCUT2D eigenvalue weighted by atomic mass is 35.5. The van der Waals surface area contributed by atoms with Gasteiger partial charge in [-0.15, -0.1) is 24.8 Å². The van der Waals surface area contributed by atoms with Crippen LogP contribution < -0.4 is 15.2 Å². The van der Waals surface area contributed by atoms with Crippen LogP contribution in [0.1, 0.15) is 29.5 Å². The summed E-state index contributed by atoms with van der Waals surface area (Å²) in [4.78, 5) is 18.8. The summed E-state index contributed by atoms with van der Waals surface area (Å²) in [6.07, 6.45) is 6.28. The van der Waals surface area contributed by atoms with E-state index in [2.05, 4.69) is 11.1 Å². The summed E-state index contributed by atoms with van der Waals surface area (Å²) < 4.78 is 17.3. The van der Waals surface area contributed by atoms with Crippen molar-refractivity contribution in [2.24, 2.45) is 5.73 Å². The number of methoxy groups -OCH3 is 2. The van der Waals surface area contributed by atoms with Crippen LogP contribution in [0.5, 0.6) is 11.5 Å². The SMILES string of the molecule is COc1cc2c(cc1OC)C1(CCN(C(=O)[C@H](N)Cc3ccncc3)CC1)OCC2.Cl.Cl. The zero-order chi connectivity index (χ0) is 21.1. The molecule has 0 radical (unpaired) electrons. The van der Waals surface area contributed by atoms with Crippen LogP contribution in [0.2, 0.25) is 0 Å². The Balaban J connectivity index is 0.00000181. The third kappa shape index (κ3) is 5.12. The highest BCUT2D eigenvalue weighted by Gasteiger charge is 2.42. The average Bonchev–Trinajstić information content (AvgIpc) is 2.79. The fraction of sp³-hybridized carbons (Fsp3) is 0.478. The zero-order valence-electron chi connectivity index (χ0n) is 18.4. The second-order valence-electron chi connectivity index (χ2n) is 7.95. The van der Waals surface area contributed by atoms with Gasteiger partial charge in [0.1, 0.15) is 0 Å². The van der Waals surface area contributed by atoms with Gasteiger partial charge in [-0.2, -0.15) is 0 Å². The molecule has 1 spiro atoms. The Labute approximate surface area is 201 Å². The number of amides is 1. The molecule has 2 N–H and O–H groups in total. The Morgan fingerprint density at radius 1 is 1.16 bits per heavy atom. The summed E-state index contributed by atoms with van der Waals surface area (Å²) in [6.45, 7) is 1.91. The van der Waals surface area contributed by atoms with Crippen LogP contribution in [0.3, 0.4) is 0 Å². The third-order valence-corrected chi connectivity index (χ3v) is 6.25. The molecule has 1 aromatic heterocycles. The van der Waals surface area contributed by atoms with Crippen LogP contribution in [-0.4, -0.2) is 55.7 Å². The molecule has 4 rings (SSSR count). The number of carbonyl (C=O) groups excluding carboxylic acids is 1. The topological polar surface area (TPSA) is 86.9 Å². The van der Waals surface area contributed by atoms with E-state index in [1.165, 1.54) is 5.56 Å². The van der Waals surface area contributed by atoms with Gasteiger partial charge in [-0.05, 0) is 66.6 Å². The van der Waals surface area contributed by atoms with Crippen molar-refractivity contribution >= 4 is 30.7 Å². The first-order chi connectivity index (χ1) is 14.6. The number of aromatic nitrogens is 1. The highest BCUT2D eigenvalue weighted by molar-refractivity contribution is 5.85. The molecule has 1 amide bonds. The minimum atomic E-state index is -0.551. The number of pyridine rings is 1. The maximum absolute atomic E-state index is 12.9. The summed E-state index contributed by atoms with van der Waals surface area (Å²) in [5, 5.41) is 0. The summed E-state index contributed by atoms with van der Waals surface area (Å²) in [6, 6.07) is 7.34. The number of halogens is 2. The summed E-state index contributed by atoms with van der Waals surface area (Å²) in [5.41, 5.74) is 9.23. The number of fused-ring (bicyclic) bond motifs is 2. The lowest BCUT2D eigenvalue weighted by atomic mass is 9.79. The summed E-state index contributed by atoms with van der Waals surface area (Å²) >= 11 is 0. The van der Waals surface area contributed by atoms with Gasteiger partial charge in [0.2, 0.25) is 5.91 Å². The highest BCUT2D eigenvalue weighted by Crippen LogP contribution is 2.45. The van der Waals surface area contributed by atoms with Crippen LogP contribution in [0.25, 0.3) is 0 Å². The molecule has 1 saturated heterocycles. The number of likely N-dealkylation sites (tertiary alicyclic amines) is 1. The Kier molecular flexibility index (Phi) is 9.16. The van der Waals surface area contributed by atoms with Gasteiger partial charge in [-0.25, -0.2) is 0 Å². The standard InChI is InChI=1S/C23H29N3O4.2ClH/c1-28-20-14-17-5-12-30-23(18(17)15-21(20)29-2)6-10-26(11-7-23)22(27)19(24)13-16-3-8-25-9-4-16;;/h3-4,8-9,14-15,19H,5-7,10-13,24H2,1-2H3;2*1H/t19-;;/m1../s1. The molecular weight excluding hydrogens is 453 g/mol. The molecule has 1 fully saturated rings. The van der Waals surface area contributed by atoms with Gasteiger partial charge in [-0.3, -0.25) is 9.78 Å². The Bertz CT molecular complexity index is 906. The molecule has 176 valence electrons. The lowest BCUT2D eigenvalue weighted by Gasteiger charge is -2.45. The van der Waals surface area contributed by atoms with E-state index in [1.807, 2.05) is 23.1 Å². The maximum atomic E-state index is 12.9. The van der Waals surface area contributed by atoms with Gasteiger partial charge in [0, 0.05) is 25.5 Å². The van der Waals surface area contributed by atoms with E-state index >= 15 is 0 Å². The first-order valence-corrected chi connectivity index (χ1v) is 10.4. The molecule has 32 heavy (non-hydrogen) atoms. The number of ether oxygens (including phenoxy) is 3. The largest absolute Gasteiger partial charge is 0.493 e. The first-order valence-electron chi connectivity index (χ1n) is 10.4. The van der Waals surface area contributed by atoms with Crippen molar-refractivity contribution in [3.63, 3.8) is 0 Å². The molecule has 9 heteroatoms. The monoisotopic (exact) mass is 483 g/mol. The minimum Gasteiger partial charge on any atom is -0.493 e. The quantitative estimate of drug-likeness (QED) is 0.703. The molecule has 1 aromatic carbocycles. The average molecular weight is 484 g/mol. The minimum absolute atomic E-state index is 0. The summed E-state index contributed by atoms with van der Waals surface area (Å²) in [7, 11) is 3.30. The molecule has 0 aliphatic carbocycles. The fourth-order valence-corrected chi connectivity index (χ4v) is 4.58. The predicted molar refractivity (Wildman–Crippen MR) is 127 cm³/mol. The van der Waals surface area contributed by atoms with E-state index in [0.29, 0.717) is 31.9 Å². The number of rotatable bonds is 5. The molecule has 2 aromatic rings. The van der Waals surface area contributed by atoms with Gasteiger partial charge in [0.15, 0.2) is 11.5 Å². The molecule has 1 atom stereocenters. The number of hydrogen-bond acceptors (Lipinski definition) is 6. The lowest BCUT2D eigenvalue weighted by Crippen LogP contribution is -2.52. The predicted octanol–water partition coefficient (Wildman–Crippen LogP) is 2.90. The van der Waals surface area contributed by atoms with E-state index in [9.17, 15) is 4.79 Å². The van der Waals surface area contributed by atoms with Crippen LogP contribution in [0, 0.1) is 0 Å². The van der Waals surface area contributed by atoms with Crippen LogP contribution in [0.4, 0.5) is 0 Å². The molecule has 3 heterocycles. The van der Waals surface area contributed by atoms with Gasteiger partial charge in [0.05, 0.1) is 32.5 Å². The van der Waals surface area contributed by atoms with Crippen molar-refractivity contribution in [1.29, 1.82) is 0 Å². The van der Waals surface area contributed by atoms with Crippen molar-refractivity contribution in [3.05, 3.63) is 53.3 Å². The van der Waals surface area contributed by atoms with Crippen LogP contribution in [0.15, 0.2) is 36.7 Å². The Morgan fingerprint density at radius 2 is 1.78 bits per heavy atom. The number of nitrogens with zero attached hydrogens (tertiary/aromatic N) is 2. The molecular formula is C23H31Cl2N3O4. The van der Waals surface area contributed by atoms with Crippen LogP contribution >= 0.6 is 24.8 Å². The first kappa shape index (κ1) is 26.2. The molecule has 0 bridgehead atoms. The molecule has 0 unspecified atom stereocenters. The van der Waals surface area contributed by atoms with Crippen LogP contribution in [-0.2, 0) is 28.0 Å². The van der Waals surface area contributed by atoms with Gasteiger partial charge >= 0.3 is 0 Å². The Morgan fingerprint density at radius 3 is 2.41 bits per heavy atom. The fourth-order valence-electron chi connectivity index (χ4n) is 4.58. The van der Waals surface area contributed by atoms with Crippen molar-refractivity contribution in [2.75, 3.05) is 33.9 Å². The Hall–Kier alpha value is -2.06. The van der Waals surface area contributed by atoms with Gasteiger partial charge in [-0.1, -0.05) is 0 Å². The normalized spacial score (nSPS) is 17.4. The molecule has 2 aliphatic rings.